The standard InChI is InChI=1S/C17H16N2O2/c18-14-6-7-16-15(9-14)19(17(20)21-16)10-11-4-5-12-2-1-3-13(12)8-11/h4-9H,1-3,10,18H2. The molecule has 0 amide bonds. The summed E-state index contributed by atoms with van der Waals surface area (Å²) in [5, 5.41) is 0. The zero-order valence-corrected chi connectivity index (χ0v) is 11.6. The van der Waals surface area contributed by atoms with E-state index in [2.05, 4.69) is 18.2 Å². The highest BCUT2D eigenvalue weighted by molar-refractivity contribution is 5.77. The Kier molecular flexibility index (Phi) is 2.64. The third-order valence-corrected chi connectivity index (χ3v) is 4.20. The molecule has 0 bridgehead atoms. The molecule has 1 aliphatic rings. The third kappa shape index (κ3) is 2.03. The summed E-state index contributed by atoms with van der Waals surface area (Å²) in [4.78, 5) is 12.0. The Morgan fingerprint density at radius 2 is 1.95 bits per heavy atom. The molecule has 4 nitrogen and oxygen atoms in total. The zero-order chi connectivity index (χ0) is 14.4. The predicted octanol–water partition coefficient (Wildman–Crippen LogP) is 2.71. The van der Waals surface area contributed by atoms with Crippen molar-refractivity contribution < 1.29 is 4.42 Å². The lowest BCUT2D eigenvalue weighted by Crippen LogP contribution is -2.15. The lowest BCUT2D eigenvalue weighted by atomic mass is 10.1. The normalized spacial score (nSPS) is 13.7. The Labute approximate surface area is 121 Å². The lowest BCUT2D eigenvalue weighted by molar-refractivity contribution is 0.517. The number of fused-ring (bicyclic) bond motifs is 2. The smallest absolute Gasteiger partial charge is 0.408 e. The Hall–Kier alpha value is -2.49. The van der Waals surface area contributed by atoms with Crippen molar-refractivity contribution in [2.75, 3.05) is 5.73 Å². The molecule has 106 valence electrons. The number of benzene rings is 2. The second kappa shape index (κ2) is 4.52. The van der Waals surface area contributed by atoms with E-state index in [1.807, 2.05) is 0 Å². The zero-order valence-electron chi connectivity index (χ0n) is 11.6. The molecule has 21 heavy (non-hydrogen) atoms. The molecule has 0 radical (unpaired) electrons. The van der Waals surface area contributed by atoms with Gasteiger partial charge in [-0.1, -0.05) is 18.2 Å². The van der Waals surface area contributed by atoms with E-state index in [1.165, 1.54) is 24.0 Å². The number of anilines is 1. The Balaban J connectivity index is 1.79. The van der Waals surface area contributed by atoms with Gasteiger partial charge in [-0.2, -0.15) is 0 Å². The summed E-state index contributed by atoms with van der Waals surface area (Å²) in [6.07, 6.45) is 3.53. The van der Waals surface area contributed by atoms with Crippen molar-refractivity contribution >= 4 is 16.8 Å². The molecule has 0 spiro atoms. The van der Waals surface area contributed by atoms with Gasteiger partial charge in [-0.3, -0.25) is 4.57 Å². The maximum atomic E-state index is 12.0. The summed E-state index contributed by atoms with van der Waals surface area (Å²) in [5.41, 5.74) is 11.7. The first-order chi connectivity index (χ1) is 10.2. The molecule has 4 rings (SSSR count). The van der Waals surface area contributed by atoms with Crippen LogP contribution in [-0.2, 0) is 19.4 Å². The van der Waals surface area contributed by atoms with Gasteiger partial charge >= 0.3 is 5.76 Å². The van der Waals surface area contributed by atoms with Crippen molar-refractivity contribution in [1.82, 2.24) is 4.57 Å². The van der Waals surface area contributed by atoms with E-state index in [4.69, 9.17) is 10.2 Å². The minimum absolute atomic E-state index is 0.337. The fourth-order valence-corrected chi connectivity index (χ4v) is 3.13. The summed E-state index contributed by atoms with van der Waals surface area (Å²) in [6, 6.07) is 11.8. The minimum atomic E-state index is -0.337. The van der Waals surface area contributed by atoms with Gasteiger partial charge in [-0.05, 0) is 54.2 Å². The molecular formula is C17H16N2O2. The summed E-state index contributed by atoms with van der Waals surface area (Å²) >= 11 is 0. The summed E-state index contributed by atoms with van der Waals surface area (Å²) < 4.78 is 6.91. The van der Waals surface area contributed by atoms with Crippen molar-refractivity contribution in [3.8, 4) is 0 Å². The number of hydrogen-bond acceptors (Lipinski definition) is 3. The summed E-state index contributed by atoms with van der Waals surface area (Å²) in [6.45, 7) is 0.516. The fourth-order valence-electron chi connectivity index (χ4n) is 3.13. The molecule has 1 heterocycles. The average Bonchev–Trinajstić information content (AvgIpc) is 3.04. The van der Waals surface area contributed by atoms with Gasteiger partial charge in [0.15, 0.2) is 5.58 Å². The molecule has 3 aromatic rings. The Morgan fingerprint density at radius 1 is 1.10 bits per heavy atom. The molecule has 2 aromatic carbocycles. The van der Waals surface area contributed by atoms with Crippen LogP contribution in [0.2, 0.25) is 0 Å². The fraction of sp³-hybridized carbons (Fsp3) is 0.235. The van der Waals surface area contributed by atoms with Gasteiger partial charge in [0.05, 0.1) is 12.1 Å². The molecule has 0 fully saturated rings. The second-order valence-electron chi connectivity index (χ2n) is 5.64. The molecular weight excluding hydrogens is 264 g/mol. The maximum absolute atomic E-state index is 12.0. The Morgan fingerprint density at radius 3 is 2.86 bits per heavy atom. The van der Waals surface area contributed by atoms with Crippen molar-refractivity contribution in [2.24, 2.45) is 0 Å². The van der Waals surface area contributed by atoms with Gasteiger partial charge in [-0.25, -0.2) is 4.79 Å². The number of aromatic nitrogens is 1. The van der Waals surface area contributed by atoms with E-state index >= 15 is 0 Å². The lowest BCUT2D eigenvalue weighted by Gasteiger charge is -2.06. The summed E-state index contributed by atoms with van der Waals surface area (Å²) in [5.74, 6) is -0.337. The van der Waals surface area contributed by atoms with E-state index in [0.717, 1.165) is 17.5 Å². The van der Waals surface area contributed by atoms with E-state index in [9.17, 15) is 4.79 Å². The van der Waals surface area contributed by atoms with Crippen molar-refractivity contribution in [2.45, 2.75) is 25.8 Å². The van der Waals surface area contributed by atoms with Gasteiger partial charge < -0.3 is 10.2 Å². The summed E-state index contributed by atoms with van der Waals surface area (Å²) in [7, 11) is 0. The average molecular weight is 280 g/mol. The molecule has 2 N–H and O–H groups in total. The first kappa shape index (κ1) is 12.3. The number of rotatable bonds is 2. The number of nitrogens with zero attached hydrogens (tertiary/aromatic N) is 1. The van der Waals surface area contributed by atoms with Gasteiger partial charge in [0, 0.05) is 5.69 Å². The highest BCUT2D eigenvalue weighted by Gasteiger charge is 2.13. The van der Waals surface area contributed by atoms with Crippen LogP contribution in [0.25, 0.3) is 11.1 Å². The monoisotopic (exact) mass is 280 g/mol. The third-order valence-electron chi connectivity index (χ3n) is 4.20. The SMILES string of the molecule is Nc1ccc2oc(=O)n(Cc3ccc4c(c3)CCC4)c2c1. The van der Waals surface area contributed by atoms with Crippen molar-refractivity contribution in [3.05, 3.63) is 63.6 Å². The quantitative estimate of drug-likeness (QED) is 0.734. The Bertz CT molecular complexity index is 889. The van der Waals surface area contributed by atoms with Crippen molar-refractivity contribution in [3.63, 3.8) is 0 Å². The molecule has 0 unspecified atom stereocenters. The largest absolute Gasteiger partial charge is 0.420 e. The van der Waals surface area contributed by atoms with Gasteiger partial charge in [0.25, 0.3) is 0 Å². The highest BCUT2D eigenvalue weighted by Crippen LogP contribution is 2.24. The highest BCUT2D eigenvalue weighted by atomic mass is 16.4. The number of aryl methyl sites for hydroxylation is 2. The number of nitrogen functional groups attached to an aromatic ring is 1. The predicted molar refractivity (Wildman–Crippen MR) is 82.5 cm³/mol. The van der Waals surface area contributed by atoms with Gasteiger partial charge in [0.2, 0.25) is 0 Å². The van der Waals surface area contributed by atoms with E-state index < -0.39 is 0 Å². The molecule has 1 aromatic heterocycles. The van der Waals surface area contributed by atoms with Crippen LogP contribution in [0.4, 0.5) is 5.69 Å². The number of hydrogen-bond donors (Lipinski definition) is 1. The van der Waals surface area contributed by atoms with E-state index in [-0.39, 0.29) is 5.76 Å². The minimum Gasteiger partial charge on any atom is -0.408 e. The van der Waals surface area contributed by atoms with Crippen LogP contribution in [0, 0.1) is 0 Å². The maximum Gasteiger partial charge on any atom is 0.420 e. The second-order valence-corrected chi connectivity index (χ2v) is 5.64. The molecule has 0 aliphatic heterocycles. The van der Waals surface area contributed by atoms with Crippen LogP contribution in [0.15, 0.2) is 45.6 Å². The first-order valence-electron chi connectivity index (χ1n) is 7.20. The molecule has 0 saturated heterocycles. The van der Waals surface area contributed by atoms with E-state index in [1.54, 1.807) is 22.8 Å². The first-order valence-corrected chi connectivity index (χ1v) is 7.20. The van der Waals surface area contributed by atoms with Crippen LogP contribution in [0.5, 0.6) is 0 Å². The molecule has 0 atom stereocenters. The van der Waals surface area contributed by atoms with Gasteiger partial charge in [-0.15, -0.1) is 0 Å². The number of oxazole rings is 1. The van der Waals surface area contributed by atoms with Crippen LogP contribution in [0.3, 0.4) is 0 Å². The van der Waals surface area contributed by atoms with E-state index in [0.29, 0.717) is 17.8 Å². The van der Waals surface area contributed by atoms with Crippen molar-refractivity contribution in [1.29, 1.82) is 0 Å². The van der Waals surface area contributed by atoms with Crippen LogP contribution < -0.4 is 11.5 Å². The topological polar surface area (TPSA) is 61.2 Å². The van der Waals surface area contributed by atoms with Gasteiger partial charge in [0.1, 0.15) is 0 Å². The van der Waals surface area contributed by atoms with Crippen LogP contribution in [0.1, 0.15) is 23.1 Å². The molecule has 0 saturated carbocycles. The molecule has 1 aliphatic carbocycles. The van der Waals surface area contributed by atoms with Crippen LogP contribution >= 0.6 is 0 Å². The van der Waals surface area contributed by atoms with Crippen LogP contribution in [-0.4, -0.2) is 4.57 Å². The molecule has 4 heteroatoms. The number of nitrogens with two attached hydrogens (primary N) is 1.